The second-order valence-electron chi connectivity index (χ2n) is 3.52. The van der Waals surface area contributed by atoms with Gasteiger partial charge in [-0.05, 0) is 37.1 Å². The average Bonchev–Trinajstić information content (AvgIpc) is 2.74. The monoisotopic (exact) mass is 301 g/mol. The molecule has 1 aliphatic rings. The maximum absolute atomic E-state index is 5.41. The maximum atomic E-state index is 5.41. The van der Waals surface area contributed by atoms with E-state index >= 15 is 0 Å². The fourth-order valence-electron chi connectivity index (χ4n) is 1.57. The van der Waals surface area contributed by atoms with Crippen LogP contribution in [0.2, 0.25) is 0 Å². The molecule has 1 heterocycles. The van der Waals surface area contributed by atoms with E-state index in [4.69, 9.17) is 12.2 Å². The normalized spacial score (nSPS) is 15.7. The Morgan fingerprint density at radius 2 is 1.80 bits per heavy atom. The molecule has 0 amide bonds. The molecule has 1 aromatic carbocycles. The molecule has 1 aromatic rings. The number of thiocarbonyl (C=S) groups is 1. The van der Waals surface area contributed by atoms with Crippen LogP contribution in [0, 0.1) is 0 Å². The van der Waals surface area contributed by atoms with Gasteiger partial charge in [0, 0.05) is 22.5 Å². The molecule has 0 bridgehead atoms. The molecule has 1 fully saturated rings. The molecule has 0 saturated carbocycles. The first-order chi connectivity index (χ1) is 7.25. The molecular formula is C11H12BrNS2. The molecule has 4 heteroatoms. The van der Waals surface area contributed by atoms with E-state index in [1.807, 2.05) is 0 Å². The van der Waals surface area contributed by atoms with Crippen molar-refractivity contribution in [3.8, 4) is 0 Å². The average molecular weight is 302 g/mol. The number of hydrogen-bond donors (Lipinski definition) is 0. The topological polar surface area (TPSA) is 3.24 Å². The van der Waals surface area contributed by atoms with Gasteiger partial charge in [0.2, 0.25) is 0 Å². The Kier molecular flexibility index (Phi) is 4.05. The van der Waals surface area contributed by atoms with Gasteiger partial charge in [0.15, 0.2) is 0 Å². The Balaban J connectivity index is 1.96. The molecule has 0 N–H and O–H groups in total. The molecule has 80 valence electrons. The molecule has 0 aromatic heterocycles. The van der Waals surface area contributed by atoms with Gasteiger partial charge in [-0.15, -0.1) is 0 Å². The lowest BCUT2D eigenvalue weighted by atomic mass is 10.4. The van der Waals surface area contributed by atoms with Crippen LogP contribution in [0.25, 0.3) is 0 Å². The van der Waals surface area contributed by atoms with Gasteiger partial charge in [-0.2, -0.15) is 0 Å². The van der Waals surface area contributed by atoms with Gasteiger partial charge in [-0.3, -0.25) is 0 Å². The van der Waals surface area contributed by atoms with Crippen molar-refractivity contribution in [2.24, 2.45) is 0 Å². The highest BCUT2D eigenvalue weighted by atomic mass is 79.9. The van der Waals surface area contributed by atoms with Crippen molar-refractivity contribution >= 4 is 44.2 Å². The predicted octanol–water partition coefficient (Wildman–Crippen LogP) is 3.92. The van der Waals surface area contributed by atoms with E-state index in [2.05, 4.69) is 45.1 Å². The number of thioether (sulfide) groups is 1. The van der Waals surface area contributed by atoms with Crippen molar-refractivity contribution in [1.82, 2.24) is 4.90 Å². The highest BCUT2D eigenvalue weighted by Gasteiger charge is 2.15. The first-order valence-corrected chi connectivity index (χ1v) is 7.00. The molecule has 1 aliphatic heterocycles. The number of halogens is 1. The van der Waals surface area contributed by atoms with Crippen LogP contribution in [0.5, 0.6) is 0 Å². The lowest BCUT2D eigenvalue weighted by Gasteiger charge is -2.17. The van der Waals surface area contributed by atoms with E-state index in [1.165, 1.54) is 17.7 Å². The first-order valence-electron chi connectivity index (χ1n) is 4.98. The maximum Gasteiger partial charge on any atom is 0.141 e. The SMILES string of the molecule is S=C(Sc1ccc(Br)cc1)N1CCCC1. The summed E-state index contributed by atoms with van der Waals surface area (Å²) in [5.74, 6) is 0. The molecule has 1 nitrogen and oxygen atoms in total. The Labute approximate surface area is 108 Å². The van der Waals surface area contributed by atoms with E-state index < -0.39 is 0 Å². The lowest BCUT2D eigenvalue weighted by Crippen LogP contribution is -2.22. The molecule has 2 rings (SSSR count). The number of likely N-dealkylation sites (tertiary alicyclic amines) is 1. The van der Waals surface area contributed by atoms with Gasteiger partial charge in [0.25, 0.3) is 0 Å². The number of nitrogens with zero attached hydrogens (tertiary/aromatic N) is 1. The Hall–Kier alpha value is -0.0600. The van der Waals surface area contributed by atoms with Crippen LogP contribution in [-0.4, -0.2) is 22.3 Å². The summed E-state index contributed by atoms with van der Waals surface area (Å²) in [6.45, 7) is 2.25. The molecular weight excluding hydrogens is 290 g/mol. The van der Waals surface area contributed by atoms with Crippen LogP contribution in [0.4, 0.5) is 0 Å². The van der Waals surface area contributed by atoms with Crippen molar-refractivity contribution in [3.63, 3.8) is 0 Å². The van der Waals surface area contributed by atoms with E-state index in [1.54, 1.807) is 11.8 Å². The molecule has 0 radical (unpaired) electrons. The van der Waals surface area contributed by atoms with E-state index in [0.29, 0.717) is 0 Å². The largest absolute Gasteiger partial charge is 0.357 e. The Morgan fingerprint density at radius 3 is 2.40 bits per heavy atom. The van der Waals surface area contributed by atoms with Crippen molar-refractivity contribution in [3.05, 3.63) is 28.7 Å². The minimum atomic E-state index is 1.01. The van der Waals surface area contributed by atoms with Crippen molar-refractivity contribution in [2.75, 3.05) is 13.1 Å². The molecule has 0 aliphatic carbocycles. The molecule has 1 saturated heterocycles. The summed E-state index contributed by atoms with van der Waals surface area (Å²) < 4.78 is 2.12. The van der Waals surface area contributed by atoms with Gasteiger partial charge < -0.3 is 4.90 Å². The third-order valence-corrected chi connectivity index (χ3v) is 4.36. The van der Waals surface area contributed by atoms with E-state index in [-0.39, 0.29) is 0 Å². The van der Waals surface area contributed by atoms with Crippen molar-refractivity contribution < 1.29 is 0 Å². The summed E-state index contributed by atoms with van der Waals surface area (Å²) >= 11 is 10.5. The van der Waals surface area contributed by atoms with Crippen molar-refractivity contribution in [2.45, 2.75) is 17.7 Å². The quantitative estimate of drug-likeness (QED) is 0.572. The zero-order valence-corrected chi connectivity index (χ0v) is 11.5. The molecule has 0 atom stereocenters. The summed E-state index contributed by atoms with van der Waals surface area (Å²) in [5, 5.41) is 0. The van der Waals surface area contributed by atoms with Gasteiger partial charge in [0.05, 0.1) is 0 Å². The van der Waals surface area contributed by atoms with Crippen LogP contribution in [0.1, 0.15) is 12.8 Å². The van der Waals surface area contributed by atoms with Gasteiger partial charge in [-0.1, -0.05) is 39.9 Å². The van der Waals surface area contributed by atoms with E-state index in [0.717, 1.165) is 21.9 Å². The summed E-state index contributed by atoms with van der Waals surface area (Å²) in [6, 6.07) is 8.29. The van der Waals surface area contributed by atoms with Crippen molar-refractivity contribution in [1.29, 1.82) is 0 Å². The fourth-order valence-corrected chi connectivity index (χ4v) is 3.09. The zero-order chi connectivity index (χ0) is 10.7. The zero-order valence-electron chi connectivity index (χ0n) is 8.28. The minimum Gasteiger partial charge on any atom is -0.357 e. The summed E-state index contributed by atoms with van der Waals surface area (Å²) in [7, 11) is 0. The summed E-state index contributed by atoms with van der Waals surface area (Å²) in [6.07, 6.45) is 2.56. The highest BCUT2D eigenvalue weighted by molar-refractivity contribution is 9.10. The van der Waals surface area contributed by atoms with Gasteiger partial charge >= 0.3 is 0 Å². The van der Waals surface area contributed by atoms with Crippen LogP contribution in [0.15, 0.2) is 33.6 Å². The third-order valence-electron chi connectivity index (χ3n) is 2.38. The standard InChI is InChI=1S/C11H12BrNS2/c12-9-3-5-10(6-4-9)15-11(14)13-7-1-2-8-13/h3-6H,1-2,7-8H2. The second kappa shape index (κ2) is 5.32. The number of benzene rings is 1. The summed E-state index contributed by atoms with van der Waals surface area (Å²) in [5.41, 5.74) is 0. The Bertz CT molecular complexity index is 344. The highest BCUT2D eigenvalue weighted by Crippen LogP contribution is 2.25. The first kappa shape index (κ1) is 11.4. The van der Waals surface area contributed by atoms with Gasteiger partial charge in [0.1, 0.15) is 4.32 Å². The number of rotatable bonds is 1. The number of hydrogen-bond acceptors (Lipinski definition) is 2. The third kappa shape index (κ3) is 3.20. The van der Waals surface area contributed by atoms with Crippen LogP contribution in [0.3, 0.4) is 0 Å². The predicted molar refractivity (Wildman–Crippen MR) is 73.4 cm³/mol. The molecule has 0 unspecified atom stereocenters. The van der Waals surface area contributed by atoms with Crippen LogP contribution >= 0.6 is 39.9 Å². The molecule has 0 spiro atoms. The van der Waals surface area contributed by atoms with Gasteiger partial charge in [-0.25, -0.2) is 0 Å². The van der Waals surface area contributed by atoms with Crippen LogP contribution in [-0.2, 0) is 0 Å². The molecule has 15 heavy (non-hydrogen) atoms. The Morgan fingerprint density at radius 1 is 1.20 bits per heavy atom. The fraction of sp³-hybridized carbons (Fsp3) is 0.364. The smallest absolute Gasteiger partial charge is 0.141 e. The van der Waals surface area contributed by atoms with E-state index in [9.17, 15) is 0 Å². The second-order valence-corrected chi connectivity index (χ2v) is 6.14. The minimum absolute atomic E-state index is 1.01. The lowest BCUT2D eigenvalue weighted by molar-refractivity contribution is 0.539. The van der Waals surface area contributed by atoms with Crippen LogP contribution < -0.4 is 0 Å². The summed E-state index contributed by atoms with van der Waals surface area (Å²) in [4.78, 5) is 3.51.